The van der Waals surface area contributed by atoms with Gasteiger partial charge in [0.15, 0.2) is 5.82 Å². The van der Waals surface area contributed by atoms with Crippen LogP contribution in [0.25, 0.3) is 0 Å². The van der Waals surface area contributed by atoms with Crippen LogP contribution in [-0.4, -0.2) is 58.7 Å². The van der Waals surface area contributed by atoms with Crippen molar-refractivity contribution in [2.24, 2.45) is 0 Å². The van der Waals surface area contributed by atoms with Crippen LogP contribution in [0.1, 0.15) is 16.8 Å². The third-order valence-electron chi connectivity index (χ3n) is 3.28. The second kappa shape index (κ2) is 6.96. The van der Waals surface area contributed by atoms with Gasteiger partial charge in [-0.3, -0.25) is 9.78 Å². The summed E-state index contributed by atoms with van der Waals surface area (Å²) < 4.78 is 13.6. The lowest BCUT2D eigenvalue weighted by atomic mass is 10.2. The zero-order chi connectivity index (χ0) is 13.7. The lowest BCUT2D eigenvalue weighted by molar-refractivity contribution is 0.0757. The summed E-state index contributed by atoms with van der Waals surface area (Å²) in [7, 11) is 0. The van der Waals surface area contributed by atoms with E-state index < -0.39 is 5.82 Å². The lowest BCUT2D eigenvalue weighted by Crippen LogP contribution is -2.36. The van der Waals surface area contributed by atoms with E-state index in [1.54, 1.807) is 4.90 Å². The molecule has 0 bridgehead atoms. The standard InChI is InChI=1S/C13H17BrFN3O/c14-3-7-17-5-1-6-18(9-8-17)13(19)11-2-4-16-10-12(11)15/h2,4,10H,1,3,5-9H2. The lowest BCUT2D eigenvalue weighted by Gasteiger charge is -2.21. The Bertz CT molecular complexity index is 444. The average Bonchev–Trinajstić information content (AvgIpc) is 2.65. The van der Waals surface area contributed by atoms with Crippen molar-refractivity contribution in [2.75, 3.05) is 38.1 Å². The highest BCUT2D eigenvalue weighted by atomic mass is 79.9. The molecule has 2 rings (SSSR count). The molecule has 0 atom stereocenters. The molecule has 1 fully saturated rings. The van der Waals surface area contributed by atoms with Crippen molar-refractivity contribution in [3.8, 4) is 0 Å². The van der Waals surface area contributed by atoms with Gasteiger partial charge in [-0.05, 0) is 19.0 Å². The number of halogens is 2. The number of hydrogen-bond donors (Lipinski definition) is 0. The normalized spacial score (nSPS) is 17.3. The van der Waals surface area contributed by atoms with Crippen molar-refractivity contribution in [2.45, 2.75) is 6.42 Å². The van der Waals surface area contributed by atoms with E-state index in [1.807, 2.05) is 0 Å². The zero-order valence-corrected chi connectivity index (χ0v) is 12.3. The maximum atomic E-state index is 13.6. The van der Waals surface area contributed by atoms with Gasteiger partial charge in [0.05, 0.1) is 11.8 Å². The van der Waals surface area contributed by atoms with Gasteiger partial charge in [-0.15, -0.1) is 0 Å². The molecule has 0 aliphatic carbocycles. The molecular weight excluding hydrogens is 313 g/mol. The van der Waals surface area contributed by atoms with Gasteiger partial charge in [-0.25, -0.2) is 4.39 Å². The molecule has 1 aromatic rings. The van der Waals surface area contributed by atoms with Crippen LogP contribution < -0.4 is 0 Å². The molecule has 0 saturated carbocycles. The van der Waals surface area contributed by atoms with Gasteiger partial charge >= 0.3 is 0 Å². The van der Waals surface area contributed by atoms with Gasteiger partial charge in [0.1, 0.15) is 0 Å². The van der Waals surface area contributed by atoms with Gasteiger partial charge in [0, 0.05) is 37.7 Å². The maximum absolute atomic E-state index is 13.6. The van der Waals surface area contributed by atoms with Crippen molar-refractivity contribution < 1.29 is 9.18 Å². The molecule has 0 spiro atoms. The number of nitrogens with zero attached hydrogens (tertiary/aromatic N) is 3. The predicted octanol–water partition coefficient (Wildman–Crippen LogP) is 1.76. The van der Waals surface area contributed by atoms with Crippen LogP contribution in [0.15, 0.2) is 18.5 Å². The second-order valence-corrected chi connectivity index (χ2v) is 5.32. The zero-order valence-electron chi connectivity index (χ0n) is 10.7. The number of carbonyl (C=O) groups is 1. The molecule has 0 aromatic carbocycles. The van der Waals surface area contributed by atoms with Crippen LogP contribution in [0.2, 0.25) is 0 Å². The third kappa shape index (κ3) is 3.73. The highest BCUT2D eigenvalue weighted by molar-refractivity contribution is 9.09. The average molecular weight is 330 g/mol. The summed E-state index contributed by atoms with van der Waals surface area (Å²) in [4.78, 5) is 20.0. The van der Waals surface area contributed by atoms with Gasteiger partial charge in [0.25, 0.3) is 5.91 Å². The number of rotatable bonds is 3. The summed E-state index contributed by atoms with van der Waals surface area (Å²) in [5.41, 5.74) is 0.115. The molecule has 2 heterocycles. The van der Waals surface area contributed by atoms with Crippen LogP contribution in [0.5, 0.6) is 0 Å². The van der Waals surface area contributed by atoms with E-state index in [2.05, 4.69) is 25.8 Å². The minimum absolute atomic E-state index is 0.115. The number of alkyl halides is 1. The van der Waals surface area contributed by atoms with Crippen LogP contribution in [0.3, 0.4) is 0 Å². The van der Waals surface area contributed by atoms with E-state index in [0.717, 1.165) is 37.6 Å². The summed E-state index contributed by atoms with van der Waals surface area (Å²) in [5, 5.41) is 0.930. The molecule has 1 aromatic heterocycles. The number of aromatic nitrogens is 1. The van der Waals surface area contributed by atoms with E-state index in [4.69, 9.17) is 0 Å². The van der Waals surface area contributed by atoms with Crippen molar-refractivity contribution in [1.29, 1.82) is 0 Å². The van der Waals surface area contributed by atoms with Crippen molar-refractivity contribution >= 4 is 21.8 Å². The first-order chi connectivity index (χ1) is 9.22. The summed E-state index contributed by atoms with van der Waals surface area (Å²) in [6, 6.07) is 1.44. The minimum Gasteiger partial charge on any atom is -0.337 e. The van der Waals surface area contributed by atoms with Crippen LogP contribution >= 0.6 is 15.9 Å². The first-order valence-corrected chi connectivity index (χ1v) is 7.51. The summed E-state index contributed by atoms with van der Waals surface area (Å²) >= 11 is 3.42. The maximum Gasteiger partial charge on any atom is 0.256 e. The van der Waals surface area contributed by atoms with Crippen molar-refractivity contribution in [3.05, 3.63) is 29.8 Å². The topological polar surface area (TPSA) is 36.4 Å². The van der Waals surface area contributed by atoms with E-state index in [-0.39, 0.29) is 11.5 Å². The summed E-state index contributed by atoms with van der Waals surface area (Å²) in [6.45, 7) is 4.12. The van der Waals surface area contributed by atoms with Crippen LogP contribution in [-0.2, 0) is 0 Å². The van der Waals surface area contributed by atoms with Gasteiger partial charge in [0.2, 0.25) is 0 Å². The van der Waals surface area contributed by atoms with Gasteiger partial charge in [-0.2, -0.15) is 0 Å². The molecule has 1 saturated heterocycles. The minimum atomic E-state index is -0.547. The highest BCUT2D eigenvalue weighted by Crippen LogP contribution is 2.11. The van der Waals surface area contributed by atoms with Crippen molar-refractivity contribution in [3.63, 3.8) is 0 Å². The highest BCUT2D eigenvalue weighted by Gasteiger charge is 2.22. The molecule has 0 N–H and O–H groups in total. The monoisotopic (exact) mass is 329 g/mol. The van der Waals surface area contributed by atoms with E-state index in [0.29, 0.717) is 13.1 Å². The number of carbonyl (C=O) groups excluding carboxylic acids is 1. The van der Waals surface area contributed by atoms with Crippen LogP contribution in [0.4, 0.5) is 4.39 Å². The first kappa shape index (κ1) is 14.4. The molecular formula is C13H17BrFN3O. The van der Waals surface area contributed by atoms with Crippen LogP contribution in [0, 0.1) is 5.82 Å². The third-order valence-corrected chi connectivity index (χ3v) is 3.63. The molecule has 1 aliphatic heterocycles. The Hall–Kier alpha value is -1.01. The molecule has 4 nitrogen and oxygen atoms in total. The Labute approximate surface area is 120 Å². The predicted molar refractivity (Wildman–Crippen MR) is 74.9 cm³/mol. The summed E-state index contributed by atoms with van der Waals surface area (Å²) in [6.07, 6.45) is 3.46. The smallest absolute Gasteiger partial charge is 0.256 e. The molecule has 0 radical (unpaired) electrons. The molecule has 104 valence electrons. The molecule has 6 heteroatoms. The Kier molecular flexibility index (Phi) is 5.27. The fourth-order valence-corrected chi connectivity index (χ4v) is 2.74. The van der Waals surface area contributed by atoms with E-state index in [1.165, 1.54) is 12.3 Å². The Morgan fingerprint density at radius 1 is 1.37 bits per heavy atom. The second-order valence-electron chi connectivity index (χ2n) is 4.53. The molecule has 0 unspecified atom stereocenters. The largest absolute Gasteiger partial charge is 0.337 e. The number of hydrogen-bond acceptors (Lipinski definition) is 3. The fraction of sp³-hybridized carbons (Fsp3) is 0.538. The van der Waals surface area contributed by atoms with Gasteiger partial charge < -0.3 is 9.80 Å². The summed E-state index contributed by atoms with van der Waals surface area (Å²) in [5.74, 6) is -0.783. The first-order valence-electron chi connectivity index (χ1n) is 6.39. The fourth-order valence-electron chi connectivity index (χ4n) is 2.24. The Morgan fingerprint density at radius 2 is 2.21 bits per heavy atom. The number of amides is 1. The van der Waals surface area contributed by atoms with Gasteiger partial charge in [-0.1, -0.05) is 15.9 Å². The van der Waals surface area contributed by atoms with E-state index >= 15 is 0 Å². The molecule has 1 amide bonds. The Balaban J connectivity index is 2.02. The quantitative estimate of drug-likeness (QED) is 0.793. The van der Waals surface area contributed by atoms with E-state index in [9.17, 15) is 9.18 Å². The molecule has 1 aliphatic rings. The SMILES string of the molecule is O=C(c1ccncc1F)N1CCCN(CCBr)CC1. The number of pyridine rings is 1. The molecule has 19 heavy (non-hydrogen) atoms. The Morgan fingerprint density at radius 3 is 2.95 bits per heavy atom. The van der Waals surface area contributed by atoms with Crippen molar-refractivity contribution in [1.82, 2.24) is 14.8 Å².